The first-order chi connectivity index (χ1) is 5.24. The Morgan fingerprint density at radius 1 is 1.73 bits per heavy atom. The number of aromatic nitrogens is 1. The monoisotopic (exact) mass is 152 g/mol. The Bertz CT molecular complexity index is 272. The zero-order valence-electron chi connectivity index (χ0n) is 5.90. The lowest BCUT2D eigenvalue weighted by Gasteiger charge is -2.02. The van der Waals surface area contributed by atoms with E-state index in [1.54, 1.807) is 0 Å². The van der Waals surface area contributed by atoms with E-state index >= 15 is 0 Å². The second-order valence-electron chi connectivity index (χ2n) is 1.87. The molecule has 1 heterocycles. The van der Waals surface area contributed by atoms with Gasteiger partial charge in [0.05, 0.1) is 13.1 Å². The van der Waals surface area contributed by atoms with Gasteiger partial charge in [-0.15, -0.1) is 0 Å². The Balaban J connectivity index is 3.01. The van der Waals surface area contributed by atoms with Crippen molar-refractivity contribution in [2.45, 2.75) is 0 Å². The number of carboxylic acid groups (broad SMARTS) is 1. The Kier molecular flexibility index (Phi) is 2.06. The van der Waals surface area contributed by atoms with Gasteiger partial charge < -0.3 is 14.6 Å². The minimum Gasteiger partial charge on any atom is -0.545 e. The smallest absolute Gasteiger partial charge is 0.213 e. The molecule has 0 radical (unpaired) electrons. The Hall–Kier alpha value is -1.58. The van der Waals surface area contributed by atoms with E-state index in [-0.39, 0.29) is 11.4 Å². The summed E-state index contributed by atoms with van der Waals surface area (Å²) in [4.78, 5) is 14.0. The molecule has 4 nitrogen and oxygen atoms in total. The van der Waals surface area contributed by atoms with Crippen LogP contribution in [0.5, 0.6) is 5.88 Å². The number of carbonyl (C=O) groups excluding carboxylic acids is 1. The van der Waals surface area contributed by atoms with Crippen molar-refractivity contribution < 1.29 is 14.6 Å². The van der Waals surface area contributed by atoms with E-state index in [2.05, 4.69) is 4.98 Å². The maximum absolute atomic E-state index is 10.3. The fourth-order valence-corrected chi connectivity index (χ4v) is 0.648. The third kappa shape index (κ3) is 1.67. The molecular weight excluding hydrogens is 146 g/mol. The summed E-state index contributed by atoms with van der Waals surface area (Å²) in [5.41, 5.74) is 0.0665. The van der Waals surface area contributed by atoms with Gasteiger partial charge in [-0.3, -0.25) is 0 Å². The molecule has 0 bridgehead atoms. The number of carbonyl (C=O) groups is 1. The molecule has 0 N–H and O–H groups in total. The minimum atomic E-state index is -1.23. The summed E-state index contributed by atoms with van der Waals surface area (Å²) >= 11 is 0. The summed E-state index contributed by atoms with van der Waals surface area (Å²) < 4.78 is 4.70. The van der Waals surface area contributed by atoms with Crippen molar-refractivity contribution in [1.29, 1.82) is 0 Å². The first-order valence-electron chi connectivity index (χ1n) is 2.95. The number of hydrogen-bond donors (Lipinski definition) is 0. The maximum Gasteiger partial charge on any atom is 0.213 e. The summed E-state index contributed by atoms with van der Waals surface area (Å²) in [5.74, 6) is -0.961. The molecule has 0 atom stereocenters. The predicted molar refractivity (Wildman–Crippen MR) is 35.1 cm³/mol. The van der Waals surface area contributed by atoms with Gasteiger partial charge in [0, 0.05) is 17.8 Å². The van der Waals surface area contributed by atoms with Gasteiger partial charge in [-0.2, -0.15) is 0 Å². The summed E-state index contributed by atoms with van der Waals surface area (Å²) in [6, 6.07) is 2.65. The van der Waals surface area contributed by atoms with Crippen LogP contribution in [0, 0.1) is 0 Å². The molecule has 1 aromatic rings. The lowest BCUT2D eigenvalue weighted by atomic mass is 10.3. The quantitative estimate of drug-likeness (QED) is 0.570. The number of carboxylic acids is 1. The molecule has 58 valence electrons. The van der Waals surface area contributed by atoms with Crippen LogP contribution in [0.25, 0.3) is 0 Å². The largest absolute Gasteiger partial charge is 0.545 e. The molecule has 0 saturated carbocycles. The highest BCUT2D eigenvalue weighted by Crippen LogP contribution is 2.06. The molecule has 0 saturated heterocycles. The number of pyridine rings is 1. The lowest BCUT2D eigenvalue weighted by Crippen LogP contribution is -2.22. The normalized spacial score (nSPS) is 9.18. The number of hydrogen-bond acceptors (Lipinski definition) is 4. The summed E-state index contributed by atoms with van der Waals surface area (Å²) in [6.07, 6.45) is 1.35. The summed E-state index contributed by atoms with van der Waals surface area (Å²) in [6.45, 7) is 0. The van der Waals surface area contributed by atoms with Gasteiger partial charge in [-0.25, -0.2) is 4.98 Å². The fourth-order valence-electron chi connectivity index (χ4n) is 0.648. The van der Waals surface area contributed by atoms with Crippen LogP contribution >= 0.6 is 0 Å². The number of nitrogens with zero attached hydrogens (tertiary/aromatic N) is 1. The molecule has 11 heavy (non-hydrogen) atoms. The molecule has 0 amide bonds. The first-order valence-corrected chi connectivity index (χ1v) is 2.95. The first kappa shape index (κ1) is 7.53. The van der Waals surface area contributed by atoms with E-state index in [1.165, 1.54) is 25.4 Å². The number of aromatic carboxylic acids is 1. The Morgan fingerprint density at radius 2 is 2.45 bits per heavy atom. The molecule has 4 heteroatoms. The van der Waals surface area contributed by atoms with Gasteiger partial charge in [0.15, 0.2) is 0 Å². The zero-order valence-corrected chi connectivity index (χ0v) is 5.90. The van der Waals surface area contributed by atoms with Gasteiger partial charge in [0.1, 0.15) is 0 Å². The number of rotatable bonds is 2. The highest BCUT2D eigenvalue weighted by Gasteiger charge is 1.95. The van der Waals surface area contributed by atoms with Gasteiger partial charge in [-0.05, 0) is 6.07 Å². The van der Waals surface area contributed by atoms with E-state index in [9.17, 15) is 9.90 Å². The summed E-state index contributed by atoms with van der Waals surface area (Å²) in [7, 11) is 1.42. The molecule has 0 spiro atoms. The summed E-state index contributed by atoms with van der Waals surface area (Å²) in [5, 5.41) is 10.3. The molecule has 0 aliphatic rings. The van der Waals surface area contributed by atoms with Gasteiger partial charge in [-0.1, -0.05) is 0 Å². The standard InChI is InChI=1S/C7H7NO3/c1-11-6-4-5(7(9)10)2-3-8-6/h2-4H,1H3,(H,9,10)/p-1. The highest BCUT2D eigenvalue weighted by atomic mass is 16.5. The molecular formula is C7H6NO3-. The van der Waals surface area contributed by atoms with Crippen molar-refractivity contribution in [3.05, 3.63) is 23.9 Å². The molecule has 0 unspecified atom stereocenters. The SMILES string of the molecule is COc1cc(C(=O)[O-])ccn1. The number of methoxy groups -OCH3 is 1. The maximum atomic E-state index is 10.3. The Labute approximate surface area is 63.5 Å². The highest BCUT2D eigenvalue weighted by molar-refractivity contribution is 5.85. The van der Waals surface area contributed by atoms with E-state index in [0.29, 0.717) is 0 Å². The molecule has 0 aromatic carbocycles. The fraction of sp³-hybridized carbons (Fsp3) is 0.143. The molecule has 0 aliphatic heterocycles. The van der Waals surface area contributed by atoms with Crippen LogP contribution in [0.15, 0.2) is 18.3 Å². The van der Waals surface area contributed by atoms with Gasteiger partial charge in [0.2, 0.25) is 5.88 Å². The number of ether oxygens (including phenoxy) is 1. The minimum absolute atomic E-state index is 0.0665. The van der Waals surface area contributed by atoms with E-state index in [4.69, 9.17) is 4.74 Å². The molecule has 1 rings (SSSR count). The molecule has 0 aliphatic carbocycles. The second-order valence-corrected chi connectivity index (χ2v) is 1.87. The van der Waals surface area contributed by atoms with Crippen LogP contribution in [0.3, 0.4) is 0 Å². The van der Waals surface area contributed by atoms with Crippen molar-refractivity contribution in [3.63, 3.8) is 0 Å². The second kappa shape index (κ2) is 3.01. The average molecular weight is 152 g/mol. The van der Waals surface area contributed by atoms with Crippen LogP contribution in [0.2, 0.25) is 0 Å². The van der Waals surface area contributed by atoms with E-state index < -0.39 is 5.97 Å². The van der Waals surface area contributed by atoms with Crippen LogP contribution in [-0.2, 0) is 0 Å². The third-order valence-electron chi connectivity index (χ3n) is 1.18. The molecule has 0 fully saturated rings. The average Bonchev–Trinajstić information content (AvgIpc) is 2.05. The van der Waals surface area contributed by atoms with Crippen LogP contribution < -0.4 is 9.84 Å². The third-order valence-corrected chi connectivity index (χ3v) is 1.18. The van der Waals surface area contributed by atoms with E-state index in [1.807, 2.05) is 0 Å². The topological polar surface area (TPSA) is 62.2 Å². The van der Waals surface area contributed by atoms with Crippen molar-refractivity contribution in [2.24, 2.45) is 0 Å². The zero-order chi connectivity index (χ0) is 8.27. The van der Waals surface area contributed by atoms with Crippen LogP contribution in [0.1, 0.15) is 10.4 Å². The van der Waals surface area contributed by atoms with Crippen molar-refractivity contribution in [3.8, 4) is 5.88 Å². The lowest BCUT2D eigenvalue weighted by molar-refractivity contribution is -0.255. The van der Waals surface area contributed by atoms with Crippen LogP contribution in [-0.4, -0.2) is 18.1 Å². The Morgan fingerprint density at radius 3 is 3.00 bits per heavy atom. The van der Waals surface area contributed by atoms with Crippen LogP contribution in [0.4, 0.5) is 0 Å². The van der Waals surface area contributed by atoms with Gasteiger partial charge in [0.25, 0.3) is 0 Å². The predicted octanol–water partition coefficient (Wildman–Crippen LogP) is -0.546. The van der Waals surface area contributed by atoms with Gasteiger partial charge >= 0.3 is 0 Å². The van der Waals surface area contributed by atoms with E-state index in [0.717, 1.165) is 0 Å². The molecule has 1 aromatic heterocycles. The van der Waals surface area contributed by atoms with Crippen molar-refractivity contribution >= 4 is 5.97 Å². The van der Waals surface area contributed by atoms with Crippen molar-refractivity contribution in [2.75, 3.05) is 7.11 Å². The van der Waals surface area contributed by atoms with Crippen molar-refractivity contribution in [1.82, 2.24) is 4.98 Å².